The van der Waals surface area contributed by atoms with E-state index in [0.29, 0.717) is 29.2 Å². The van der Waals surface area contributed by atoms with Gasteiger partial charge in [0.05, 0.1) is 6.54 Å². The van der Waals surface area contributed by atoms with Crippen molar-refractivity contribution < 1.29 is 9.32 Å². The largest absolute Gasteiger partial charge is 0.354 e. The van der Waals surface area contributed by atoms with E-state index >= 15 is 0 Å². The van der Waals surface area contributed by atoms with Gasteiger partial charge in [0.1, 0.15) is 0 Å². The molecule has 0 radical (unpaired) electrons. The Bertz CT molecular complexity index is 894. The molecule has 1 aromatic carbocycles. The number of nitrogens with one attached hydrogen (secondary N) is 2. The number of aromatic nitrogens is 2. The fourth-order valence-corrected chi connectivity index (χ4v) is 3.95. The molecule has 0 saturated carbocycles. The lowest BCUT2D eigenvalue weighted by atomic mass is 9.98. The van der Waals surface area contributed by atoms with Crippen LogP contribution >= 0.6 is 35.6 Å². The molecule has 2 aromatic rings. The topological polar surface area (TPSA) is 95.7 Å². The summed E-state index contributed by atoms with van der Waals surface area (Å²) in [5, 5.41) is 11.3. The lowest BCUT2D eigenvalue weighted by Gasteiger charge is -2.34. The van der Waals surface area contributed by atoms with Crippen molar-refractivity contribution >= 4 is 47.4 Å². The molecule has 1 amide bonds. The fraction of sp³-hybridized carbons (Fsp3) is 0.545. The Hall–Kier alpha value is -1.88. The number of aliphatic imine (C=N–C) groups is 1. The maximum absolute atomic E-state index is 12.6. The number of carbonyl (C=O) groups is 1. The first-order valence-electron chi connectivity index (χ1n) is 10.9. The molecule has 2 heterocycles. The quantitative estimate of drug-likeness (QED) is 0.294. The summed E-state index contributed by atoms with van der Waals surface area (Å²) in [5.41, 5.74) is 0.805. The molecule has 0 spiro atoms. The van der Waals surface area contributed by atoms with Gasteiger partial charge in [-0.15, -0.1) is 24.0 Å². The minimum Gasteiger partial charge on any atom is -0.354 e. The van der Waals surface area contributed by atoms with Gasteiger partial charge in [-0.1, -0.05) is 42.7 Å². The van der Waals surface area contributed by atoms with E-state index in [-0.39, 0.29) is 41.8 Å². The Kier molecular flexibility index (Phi) is 10.7. The molecule has 8 nitrogen and oxygen atoms in total. The van der Waals surface area contributed by atoms with Crippen LogP contribution in [0.15, 0.2) is 33.8 Å². The van der Waals surface area contributed by atoms with E-state index in [1.54, 1.807) is 19.2 Å². The highest BCUT2D eigenvalue weighted by molar-refractivity contribution is 14.0. The monoisotopic (exact) mass is 574 g/mol. The number of nitrogens with zero attached hydrogens (tertiary/aromatic N) is 4. The van der Waals surface area contributed by atoms with Crippen molar-refractivity contribution in [3.63, 3.8) is 0 Å². The van der Waals surface area contributed by atoms with E-state index in [1.165, 1.54) is 0 Å². The van der Waals surface area contributed by atoms with E-state index in [9.17, 15) is 4.79 Å². The summed E-state index contributed by atoms with van der Waals surface area (Å²) in [6.07, 6.45) is 3.59. The summed E-state index contributed by atoms with van der Waals surface area (Å²) in [7, 11) is 1.73. The second kappa shape index (κ2) is 13.0. The first-order chi connectivity index (χ1) is 15.0. The number of hydrogen-bond donors (Lipinski definition) is 2. The van der Waals surface area contributed by atoms with Crippen LogP contribution in [0.25, 0.3) is 11.4 Å². The predicted molar refractivity (Wildman–Crippen MR) is 137 cm³/mol. The smallest absolute Gasteiger partial charge is 0.246 e. The number of halogens is 2. The van der Waals surface area contributed by atoms with Crippen molar-refractivity contribution in [1.29, 1.82) is 0 Å². The molecule has 0 aliphatic carbocycles. The molecule has 0 atom stereocenters. The Labute approximate surface area is 211 Å². The highest BCUT2D eigenvalue weighted by Gasteiger charge is 2.26. The van der Waals surface area contributed by atoms with Crippen molar-refractivity contribution in [2.75, 3.05) is 20.1 Å². The Morgan fingerprint density at radius 1 is 1.31 bits per heavy atom. The SMILES string of the molecule is CCC(CC)C(=O)N1CCC(NC(=NC)NCc2nc(-c3cccc(Cl)c3)no2)CC1.I. The van der Waals surface area contributed by atoms with Crippen molar-refractivity contribution in [3.05, 3.63) is 35.2 Å². The van der Waals surface area contributed by atoms with Crippen LogP contribution in [0.1, 0.15) is 45.4 Å². The van der Waals surface area contributed by atoms with Gasteiger partial charge in [0.25, 0.3) is 0 Å². The lowest BCUT2D eigenvalue weighted by molar-refractivity contribution is -0.136. The van der Waals surface area contributed by atoms with Crippen LogP contribution in [0.3, 0.4) is 0 Å². The molecule has 176 valence electrons. The summed E-state index contributed by atoms with van der Waals surface area (Å²) in [5.74, 6) is 2.07. The van der Waals surface area contributed by atoms with Crippen LogP contribution in [0, 0.1) is 5.92 Å². The van der Waals surface area contributed by atoms with E-state index < -0.39 is 0 Å². The standard InChI is InChI=1S/C22H31ClN6O2.HI/c1-4-15(5-2)21(30)29-11-9-18(10-12-29)26-22(24-3)25-14-19-27-20(28-31-19)16-7-6-8-17(23)13-16;/h6-8,13,15,18H,4-5,9-12,14H2,1-3H3,(H2,24,25,26);1H. The van der Waals surface area contributed by atoms with Gasteiger partial charge in [0.2, 0.25) is 17.6 Å². The number of benzene rings is 1. The first kappa shape index (κ1) is 26.4. The zero-order valence-electron chi connectivity index (χ0n) is 18.8. The van der Waals surface area contributed by atoms with E-state index in [0.717, 1.165) is 44.3 Å². The van der Waals surface area contributed by atoms with Crippen LogP contribution in [-0.4, -0.2) is 53.1 Å². The average Bonchev–Trinajstić information content (AvgIpc) is 3.27. The molecule has 1 aliphatic rings. The molecule has 0 bridgehead atoms. The summed E-state index contributed by atoms with van der Waals surface area (Å²) in [6.45, 7) is 6.07. The van der Waals surface area contributed by atoms with Crippen molar-refractivity contribution in [3.8, 4) is 11.4 Å². The van der Waals surface area contributed by atoms with Crippen LogP contribution in [0.5, 0.6) is 0 Å². The maximum atomic E-state index is 12.6. The number of rotatable bonds is 7. The van der Waals surface area contributed by atoms with E-state index in [4.69, 9.17) is 16.1 Å². The Balaban J connectivity index is 0.00000363. The summed E-state index contributed by atoms with van der Waals surface area (Å²) < 4.78 is 5.33. The van der Waals surface area contributed by atoms with Gasteiger partial charge in [0.15, 0.2) is 5.96 Å². The first-order valence-corrected chi connectivity index (χ1v) is 11.3. The van der Waals surface area contributed by atoms with Crippen molar-refractivity contribution in [2.45, 2.75) is 52.1 Å². The third kappa shape index (κ3) is 7.06. The maximum Gasteiger partial charge on any atom is 0.246 e. The molecular weight excluding hydrogens is 543 g/mol. The lowest BCUT2D eigenvalue weighted by Crippen LogP contribution is -2.50. The van der Waals surface area contributed by atoms with Gasteiger partial charge in [-0.3, -0.25) is 9.79 Å². The number of hydrogen-bond acceptors (Lipinski definition) is 5. The zero-order chi connectivity index (χ0) is 22.2. The van der Waals surface area contributed by atoms with E-state index in [1.807, 2.05) is 17.0 Å². The molecule has 1 aliphatic heterocycles. The van der Waals surface area contributed by atoms with E-state index in [2.05, 4.69) is 39.6 Å². The summed E-state index contributed by atoms with van der Waals surface area (Å²) >= 11 is 6.03. The van der Waals surface area contributed by atoms with Gasteiger partial charge in [-0.25, -0.2) is 0 Å². The number of guanidine groups is 1. The molecule has 1 fully saturated rings. The van der Waals surface area contributed by atoms with Gasteiger partial charge in [-0.05, 0) is 37.8 Å². The molecule has 2 N–H and O–H groups in total. The minimum atomic E-state index is 0. The predicted octanol–water partition coefficient (Wildman–Crippen LogP) is 4.10. The van der Waals surface area contributed by atoms with Gasteiger partial charge < -0.3 is 20.1 Å². The zero-order valence-corrected chi connectivity index (χ0v) is 21.9. The van der Waals surface area contributed by atoms with Gasteiger partial charge in [0, 0.05) is 42.7 Å². The van der Waals surface area contributed by atoms with Crippen LogP contribution in [0.4, 0.5) is 0 Å². The second-order valence-electron chi connectivity index (χ2n) is 7.71. The molecule has 32 heavy (non-hydrogen) atoms. The number of amides is 1. The Morgan fingerprint density at radius 2 is 2.03 bits per heavy atom. The highest BCUT2D eigenvalue weighted by Crippen LogP contribution is 2.20. The third-order valence-corrected chi connectivity index (χ3v) is 5.90. The summed E-state index contributed by atoms with van der Waals surface area (Å²) in [4.78, 5) is 23.3. The number of piperidine rings is 1. The molecule has 0 unspecified atom stereocenters. The fourth-order valence-electron chi connectivity index (χ4n) is 3.76. The third-order valence-electron chi connectivity index (χ3n) is 5.66. The van der Waals surface area contributed by atoms with Gasteiger partial charge >= 0.3 is 0 Å². The highest BCUT2D eigenvalue weighted by atomic mass is 127. The number of carbonyl (C=O) groups excluding carboxylic acids is 1. The number of likely N-dealkylation sites (tertiary alicyclic amines) is 1. The second-order valence-corrected chi connectivity index (χ2v) is 8.14. The molecular formula is C22H32ClIN6O2. The van der Waals surface area contributed by atoms with Crippen molar-refractivity contribution in [2.24, 2.45) is 10.9 Å². The van der Waals surface area contributed by atoms with Crippen molar-refractivity contribution in [1.82, 2.24) is 25.7 Å². The van der Waals surface area contributed by atoms with Gasteiger partial charge in [-0.2, -0.15) is 4.98 Å². The summed E-state index contributed by atoms with van der Waals surface area (Å²) in [6, 6.07) is 7.59. The molecule has 1 saturated heterocycles. The normalized spacial score (nSPS) is 14.9. The average molecular weight is 575 g/mol. The van der Waals surface area contributed by atoms with Crippen LogP contribution < -0.4 is 10.6 Å². The Morgan fingerprint density at radius 3 is 2.66 bits per heavy atom. The molecule has 3 rings (SSSR count). The molecule has 10 heteroatoms. The molecule has 1 aromatic heterocycles. The van der Waals surface area contributed by atoms with Crippen LogP contribution in [-0.2, 0) is 11.3 Å². The van der Waals surface area contributed by atoms with Crippen LogP contribution in [0.2, 0.25) is 5.02 Å². The minimum absolute atomic E-state index is 0.